The molecule has 2 rings (SSSR count). The van der Waals surface area contributed by atoms with Crippen LogP contribution < -0.4 is 5.32 Å². The number of H-pyrrole nitrogens is 1. The van der Waals surface area contributed by atoms with Gasteiger partial charge in [-0.05, 0) is 19.4 Å². The molecule has 1 heterocycles. The zero-order valence-electron chi connectivity index (χ0n) is 9.57. The lowest BCUT2D eigenvalue weighted by atomic mass is 10.1. The molecule has 0 amide bonds. The Labute approximate surface area is 95.1 Å². The van der Waals surface area contributed by atoms with E-state index in [1.54, 1.807) is 0 Å². The molecule has 0 spiro atoms. The summed E-state index contributed by atoms with van der Waals surface area (Å²) < 4.78 is 0. The Kier molecular flexibility index (Phi) is 3.31. The van der Waals surface area contributed by atoms with E-state index in [1.165, 1.54) is 17.5 Å². The summed E-state index contributed by atoms with van der Waals surface area (Å²) in [7, 11) is 0. The molecule has 0 saturated carbocycles. The van der Waals surface area contributed by atoms with Crippen LogP contribution in [-0.2, 0) is 6.54 Å². The third-order valence-corrected chi connectivity index (χ3v) is 2.58. The van der Waals surface area contributed by atoms with Crippen LogP contribution in [0.1, 0.15) is 29.9 Å². The van der Waals surface area contributed by atoms with Gasteiger partial charge in [0.05, 0.1) is 6.54 Å². The summed E-state index contributed by atoms with van der Waals surface area (Å²) in [6, 6.07) is 8.82. The Morgan fingerprint density at radius 3 is 3.00 bits per heavy atom. The van der Waals surface area contributed by atoms with Crippen LogP contribution in [0.4, 0.5) is 0 Å². The van der Waals surface area contributed by atoms with Crippen molar-refractivity contribution in [2.24, 2.45) is 0 Å². The van der Waals surface area contributed by atoms with E-state index in [2.05, 4.69) is 58.6 Å². The predicted molar refractivity (Wildman–Crippen MR) is 62.8 cm³/mol. The molecule has 1 unspecified atom stereocenters. The van der Waals surface area contributed by atoms with E-state index in [-0.39, 0.29) is 0 Å². The summed E-state index contributed by atoms with van der Waals surface area (Å²) in [6.07, 6.45) is 1.52. The largest absolute Gasteiger partial charge is 0.303 e. The van der Waals surface area contributed by atoms with Gasteiger partial charge in [-0.15, -0.1) is 0 Å². The van der Waals surface area contributed by atoms with Crippen molar-refractivity contribution in [3.8, 4) is 0 Å². The fraction of sp³-hybridized carbons (Fsp3) is 0.333. The standard InChI is InChI=1S/C12H16N4/c1-9-4-3-5-11(6-9)10(2)13-7-12-14-8-15-16-12/h3-6,8,10,13H,7H2,1-2H3,(H,14,15,16). The highest BCUT2D eigenvalue weighted by Crippen LogP contribution is 2.13. The van der Waals surface area contributed by atoms with Crippen molar-refractivity contribution in [1.29, 1.82) is 0 Å². The number of rotatable bonds is 4. The molecule has 1 atom stereocenters. The molecular weight excluding hydrogens is 200 g/mol. The van der Waals surface area contributed by atoms with E-state index in [0.29, 0.717) is 12.6 Å². The molecule has 1 aromatic heterocycles. The number of hydrogen-bond acceptors (Lipinski definition) is 3. The van der Waals surface area contributed by atoms with Crippen molar-refractivity contribution in [1.82, 2.24) is 20.5 Å². The average molecular weight is 216 g/mol. The minimum absolute atomic E-state index is 0.310. The monoisotopic (exact) mass is 216 g/mol. The number of nitrogens with zero attached hydrogens (tertiary/aromatic N) is 2. The first-order chi connectivity index (χ1) is 7.75. The van der Waals surface area contributed by atoms with Gasteiger partial charge in [-0.2, -0.15) is 5.10 Å². The Morgan fingerprint density at radius 2 is 2.31 bits per heavy atom. The summed E-state index contributed by atoms with van der Waals surface area (Å²) in [4.78, 5) is 4.07. The summed E-state index contributed by atoms with van der Waals surface area (Å²) in [5, 5.41) is 10.0. The van der Waals surface area contributed by atoms with Crippen molar-refractivity contribution >= 4 is 0 Å². The van der Waals surface area contributed by atoms with E-state index < -0.39 is 0 Å². The van der Waals surface area contributed by atoms with Gasteiger partial charge in [-0.3, -0.25) is 5.10 Å². The molecule has 4 nitrogen and oxygen atoms in total. The fourth-order valence-electron chi connectivity index (χ4n) is 1.62. The fourth-order valence-corrected chi connectivity index (χ4v) is 1.62. The van der Waals surface area contributed by atoms with E-state index in [4.69, 9.17) is 0 Å². The number of benzene rings is 1. The minimum Gasteiger partial charge on any atom is -0.303 e. The summed E-state index contributed by atoms with van der Waals surface area (Å²) >= 11 is 0. The first-order valence-electron chi connectivity index (χ1n) is 5.40. The van der Waals surface area contributed by atoms with Crippen molar-refractivity contribution in [3.63, 3.8) is 0 Å². The van der Waals surface area contributed by atoms with E-state index in [1.807, 2.05) is 0 Å². The van der Waals surface area contributed by atoms with Gasteiger partial charge in [0.25, 0.3) is 0 Å². The average Bonchev–Trinajstić information content (AvgIpc) is 2.78. The van der Waals surface area contributed by atoms with Gasteiger partial charge in [0.1, 0.15) is 12.2 Å². The molecule has 4 heteroatoms. The van der Waals surface area contributed by atoms with Crippen LogP contribution >= 0.6 is 0 Å². The van der Waals surface area contributed by atoms with Crippen LogP contribution in [0.25, 0.3) is 0 Å². The molecule has 0 saturated heterocycles. The first kappa shape index (κ1) is 10.8. The molecule has 2 N–H and O–H groups in total. The van der Waals surface area contributed by atoms with E-state index in [0.717, 1.165) is 5.82 Å². The van der Waals surface area contributed by atoms with Gasteiger partial charge in [0, 0.05) is 6.04 Å². The topological polar surface area (TPSA) is 53.6 Å². The van der Waals surface area contributed by atoms with E-state index in [9.17, 15) is 0 Å². The quantitative estimate of drug-likeness (QED) is 0.821. The van der Waals surface area contributed by atoms with Crippen molar-refractivity contribution < 1.29 is 0 Å². The van der Waals surface area contributed by atoms with Crippen LogP contribution in [0, 0.1) is 6.92 Å². The Hall–Kier alpha value is -1.68. The van der Waals surface area contributed by atoms with Gasteiger partial charge < -0.3 is 5.32 Å². The zero-order valence-corrected chi connectivity index (χ0v) is 9.57. The number of hydrogen-bond donors (Lipinski definition) is 2. The molecule has 16 heavy (non-hydrogen) atoms. The van der Waals surface area contributed by atoms with Gasteiger partial charge in [-0.25, -0.2) is 4.98 Å². The lowest BCUT2D eigenvalue weighted by Gasteiger charge is -2.13. The lowest BCUT2D eigenvalue weighted by Crippen LogP contribution is -2.18. The highest BCUT2D eigenvalue weighted by Gasteiger charge is 2.05. The van der Waals surface area contributed by atoms with Crippen LogP contribution in [0.3, 0.4) is 0 Å². The highest BCUT2D eigenvalue weighted by molar-refractivity contribution is 5.24. The Bertz CT molecular complexity index is 436. The third-order valence-electron chi connectivity index (χ3n) is 2.58. The number of aromatic nitrogens is 3. The molecule has 0 bridgehead atoms. The van der Waals surface area contributed by atoms with Crippen molar-refractivity contribution in [2.75, 3.05) is 0 Å². The molecule has 0 aliphatic heterocycles. The first-order valence-corrected chi connectivity index (χ1v) is 5.40. The Morgan fingerprint density at radius 1 is 1.44 bits per heavy atom. The highest BCUT2D eigenvalue weighted by atomic mass is 15.2. The van der Waals surface area contributed by atoms with Gasteiger partial charge in [-0.1, -0.05) is 29.8 Å². The van der Waals surface area contributed by atoms with Crippen LogP contribution in [0.5, 0.6) is 0 Å². The maximum absolute atomic E-state index is 4.07. The zero-order chi connectivity index (χ0) is 11.4. The number of aromatic amines is 1. The van der Waals surface area contributed by atoms with Crippen LogP contribution in [-0.4, -0.2) is 15.2 Å². The number of aryl methyl sites for hydroxylation is 1. The molecule has 84 valence electrons. The smallest absolute Gasteiger partial charge is 0.138 e. The lowest BCUT2D eigenvalue weighted by molar-refractivity contribution is 0.560. The van der Waals surface area contributed by atoms with Gasteiger partial charge >= 0.3 is 0 Å². The molecule has 0 radical (unpaired) electrons. The van der Waals surface area contributed by atoms with Crippen molar-refractivity contribution in [3.05, 3.63) is 47.5 Å². The molecular formula is C12H16N4. The second-order valence-electron chi connectivity index (χ2n) is 3.95. The SMILES string of the molecule is Cc1cccc(C(C)NCc2ncn[nH]2)c1. The Balaban J connectivity index is 1.95. The summed E-state index contributed by atoms with van der Waals surface area (Å²) in [6.45, 7) is 4.95. The number of nitrogens with one attached hydrogen (secondary N) is 2. The second kappa shape index (κ2) is 4.90. The van der Waals surface area contributed by atoms with Gasteiger partial charge in [0.15, 0.2) is 0 Å². The predicted octanol–water partition coefficient (Wildman–Crippen LogP) is 1.96. The van der Waals surface area contributed by atoms with E-state index >= 15 is 0 Å². The summed E-state index contributed by atoms with van der Waals surface area (Å²) in [5.74, 6) is 0.861. The van der Waals surface area contributed by atoms with Crippen molar-refractivity contribution in [2.45, 2.75) is 26.4 Å². The maximum atomic E-state index is 4.07. The van der Waals surface area contributed by atoms with Gasteiger partial charge in [0.2, 0.25) is 0 Å². The molecule has 0 aliphatic rings. The second-order valence-corrected chi connectivity index (χ2v) is 3.95. The molecule has 0 aliphatic carbocycles. The molecule has 2 aromatic rings. The molecule has 1 aromatic carbocycles. The van der Waals surface area contributed by atoms with Crippen LogP contribution in [0.2, 0.25) is 0 Å². The summed E-state index contributed by atoms with van der Waals surface area (Å²) in [5.41, 5.74) is 2.57. The minimum atomic E-state index is 0.310. The maximum Gasteiger partial charge on any atom is 0.138 e. The normalized spacial score (nSPS) is 12.6. The molecule has 0 fully saturated rings. The third kappa shape index (κ3) is 2.67. The van der Waals surface area contributed by atoms with Crippen LogP contribution in [0.15, 0.2) is 30.6 Å².